The number of amides is 3. The largest absolute Gasteiger partial charge is 0.480 e. The predicted molar refractivity (Wildman–Crippen MR) is 106 cm³/mol. The molecule has 28 heavy (non-hydrogen) atoms. The maximum absolute atomic E-state index is 12.2. The molecule has 0 aromatic heterocycles. The predicted octanol–water partition coefficient (Wildman–Crippen LogP) is 2.48. The molecular weight excluding hydrogens is 360 g/mol. The molecule has 0 unspecified atom stereocenters. The average molecular weight is 388 g/mol. The summed E-state index contributed by atoms with van der Waals surface area (Å²) in [6, 6.07) is 6.96. The summed E-state index contributed by atoms with van der Waals surface area (Å²) in [5.41, 5.74) is 1.33. The zero-order valence-electron chi connectivity index (χ0n) is 16.1. The van der Waals surface area contributed by atoms with Crippen molar-refractivity contribution in [2.45, 2.75) is 51.1 Å². The molecule has 2 fully saturated rings. The Balaban J connectivity index is 1.41. The molecule has 0 radical (unpaired) electrons. The van der Waals surface area contributed by atoms with E-state index in [1.54, 1.807) is 31.2 Å². The minimum Gasteiger partial charge on any atom is -0.480 e. The van der Waals surface area contributed by atoms with Gasteiger partial charge >= 0.3 is 12.0 Å². The quantitative estimate of drug-likeness (QED) is 0.519. The van der Waals surface area contributed by atoms with Gasteiger partial charge in [0.2, 0.25) is 5.91 Å². The number of carbonyl (C=O) groups excluding carboxylic acids is 2. The van der Waals surface area contributed by atoms with Gasteiger partial charge in [-0.15, -0.1) is 0 Å². The lowest BCUT2D eigenvalue weighted by atomic mass is 9.85. The molecule has 0 bridgehead atoms. The Bertz CT molecular complexity index is 711. The summed E-state index contributed by atoms with van der Waals surface area (Å²) < 4.78 is 0. The van der Waals surface area contributed by atoms with Crippen molar-refractivity contribution in [2.75, 3.05) is 23.7 Å². The van der Waals surface area contributed by atoms with Crippen molar-refractivity contribution >= 4 is 29.3 Å². The van der Waals surface area contributed by atoms with E-state index in [0.29, 0.717) is 23.7 Å². The Labute approximate surface area is 164 Å². The highest BCUT2D eigenvalue weighted by atomic mass is 16.4. The van der Waals surface area contributed by atoms with E-state index in [2.05, 4.69) is 16.0 Å². The summed E-state index contributed by atoms with van der Waals surface area (Å²) in [7, 11) is 0. The molecular formula is C20H28N4O4. The van der Waals surface area contributed by atoms with Crippen molar-refractivity contribution < 1.29 is 19.5 Å². The first-order valence-electron chi connectivity index (χ1n) is 9.86. The van der Waals surface area contributed by atoms with Crippen LogP contribution in [0.1, 0.15) is 39.0 Å². The third-order valence-corrected chi connectivity index (χ3v) is 5.24. The number of hydrogen-bond acceptors (Lipinski definition) is 4. The first-order chi connectivity index (χ1) is 13.4. The van der Waals surface area contributed by atoms with Crippen LogP contribution in [0.2, 0.25) is 0 Å². The fourth-order valence-corrected chi connectivity index (χ4v) is 3.39. The lowest BCUT2D eigenvalue weighted by molar-refractivity contribution is -0.139. The first kappa shape index (κ1) is 20.1. The normalized spacial score (nSPS) is 20.9. The van der Waals surface area contributed by atoms with Crippen LogP contribution < -0.4 is 16.0 Å². The molecule has 152 valence electrons. The number of aliphatic carboxylic acids is 1. The van der Waals surface area contributed by atoms with Gasteiger partial charge in [-0.2, -0.15) is 0 Å². The highest BCUT2D eigenvalue weighted by molar-refractivity contribution is 5.92. The zero-order chi connectivity index (χ0) is 20.1. The minimum atomic E-state index is -0.798. The summed E-state index contributed by atoms with van der Waals surface area (Å²) in [6.07, 6.45) is 4.34. The van der Waals surface area contributed by atoms with Crippen molar-refractivity contribution in [3.8, 4) is 0 Å². The molecule has 3 amide bonds. The average Bonchev–Trinajstić information content (AvgIpc) is 3.42. The third-order valence-electron chi connectivity index (χ3n) is 5.24. The number of carbonyl (C=O) groups is 3. The van der Waals surface area contributed by atoms with Crippen molar-refractivity contribution in [1.29, 1.82) is 0 Å². The Morgan fingerprint density at radius 2 is 1.68 bits per heavy atom. The van der Waals surface area contributed by atoms with Crippen LogP contribution in [0, 0.1) is 5.92 Å². The monoisotopic (exact) mass is 388 g/mol. The number of nitrogens with zero attached hydrogens (tertiary/aromatic N) is 1. The number of carboxylic acid groups (broad SMARTS) is 1. The second-order valence-corrected chi connectivity index (χ2v) is 7.67. The molecule has 8 heteroatoms. The lowest BCUT2D eigenvalue weighted by Gasteiger charge is -2.42. The van der Waals surface area contributed by atoms with Gasteiger partial charge < -0.3 is 21.1 Å². The summed E-state index contributed by atoms with van der Waals surface area (Å²) in [5.74, 6) is -0.218. The number of benzene rings is 1. The third kappa shape index (κ3) is 5.95. The molecule has 1 aromatic rings. The van der Waals surface area contributed by atoms with Crippen molar-refractivity contribution in [2.24, 2.45) is 5.92 Å². The van der Waals surface area contributed by atoms with Crippen LogP contribution in [0.4, 0.5) is 16.2 Å². The summed E-state index contributed by atoms with van der Waals surface area (Å²) in [6.45, 7) is 2.70. The Morgan fingerprint density at radius 1 is 1.07 bits per heavy atom. The van der Waals surface area contributed by atoms with Gasteiger partial charge in [-0.25, -0.2) is 4.79 Å². The van der Waals surface area contributed by atoms with Crippen LogP contribution in [0.3, 0.4) is 0 Å². The van der Waals surface area contributed by atoms with Crippen molar-refractivity contribution in [3.63, 3.8) is 0 Å². The minimum absolute atomic E-state index is 0.0587. The molecule has 0 aliphatic heterocycles. The summed E-state index contributed by atoms with van der Waals surface area (Å²) in [4.78, 5) is 36.7. The van der Waals surface area contributed by atoms with E-state index in [9.17, 15) is 14.4 Å². The zero-order valence-corrected chi connectivity index (χ0v) is 16.1. The van der Waals surface area contributed by atoms with E-state index in [1.807, 2.05) is 4.90 Å². The summed E-state index contributed by atoms with van der Waals surface area (Å²) >= 11 is 0. The Kier molecular flexibility index (Phi) is 6.51. The van der Waals surface area contributed by atoms with Crippen molar-refractivity contribution in [1.82, 2.24) is 10.2 Å². The molecule has 2 aliphatic carbocycles. The molecule has 8 nitrogen and oxygen atoms in total. The van der Waals surface area contributed by atoms with E-state index in [0.717, 1.165) is 19.4 Å². The maximum atomic E-state index is 12.2. The molecule has 4 N–H and O–H groups in total. The van der Waals surface area contributed by atoms with Crippen LogP contribution in [-0.2, 0) is 9.59 Å². The molecule has 3 rings (SSSR count). The van der Waals surface area contributed by atoms with Crippen LogP contribution in [0.5, 0.6) is 0 Å². The van der Waals surface area contributed by atoms with Gasteiger partial charge in [0.15, 0.2) is 0 Å². The molecule has 0 heterocycles. The summed E-state index contributed by atoms with van der Waals surface area (Å²) in [5, 5.41) is 17.6. The maximum Gasteiger partial charge on any atom is 0.319 e. The lowest BCUT2D eigenvalue weighted by Crippen LogP contribution is -2.55. The fourth-order valence-electron chi connectivity index (χ4n) is 3.39. The van der Waals surface area contributed by atoms with Gasteiger partial charge in [0, 0.05) is 36.4 Å². The SMILES string of the molecule is CCC(=O)Nc1ccc(NC(=O)NC2CC(N(CC(=O)O)CC3CC3)C2)cc1. The first-order valence-corrected chi connectivity index (χ1v) is 9.86. The van der Waals surface area contributed by atoms with Gasteiger partial charge in [-0.3, -0.25) is 14.5 Å². The van der Waals surface area contributed by atoms with Crippen LogP contribution >= 0.6 is 0 Å². The molecule has 1 aromatic carbocycles. The van der Waals surface area contributed by atoms with Crippen LogP contribution in [-0.4, -0.2) is 53.1 Å². The number of hydrogen-bond donors (Lipinski definition) is 4. The van der Waals surface area contributed by atoms with Crippen molar-refractivity contribution in [3.05, 3.63) is 24.3 Å². The second-order valence-electron chi connectivity index (χ2n) is 7.67. The molecule has 2 saturated carbocycles. The Hall–Kier alpha value is -2.61. The smallest absolute Gasteiger partial charge is 0.319 e. The number of urea groups is 1. The van der Waals surface area contributed by atoms with E-state index in [1.165, 1.54) is 12.8 Å². The number of anilines is 2. The second kappa shape index (κ2) is 9.05. The molecule has 0 atom stereocenters. The van der Waals surface area contributed by atoms with Gasteiger partial charge in [-0.1, -0.05) is 6.92 Å². The topological polar surface area (TPSA) is 111 Å². The van der Waals surface area contributed by atoms with E-state index >= 15 is 0 Å². The van der Waals surface area contributed by atoms with Gasteiger partial charge in [0.25, 0.3) is 0 Å². The van der Waals surface area contributed by atoms with Crippen LogP contribution in [0.25, 0.3) is 0 Å². The highest BCUT2D eigenvalue weighted by Gasteiger charge is 2.37. The molecule has 0 spiro atoms. The van der Waals surface area contributed by atoms with E-state index in [4.69, 9.17) is 5.11 Å². The number of nitrogens with one attached hydrogen (secondary N) is 3. The van der Waals surface area contributed by atoms with Gasteiger partial charge in [-0.05, 0) is 55.9 Å². The highest BCUT2D eigenvalue weighted by Crippen LogP contribution is 2.33. The van der Waals surface area contributed by atoms with E-state index in [-0.39, 0.29) is 30.6 Å². The standard InChI is InChI=1S/C20H28N4O4/c1-2-18(25)21-14-5-7-15(8-6-14)22-20(28)23-16-9-17(10-16)24(12-19(26)27)11-13-3-4-13/h5-8,13,16-17H,2-4,9-12H2,1H3,(H,21,25)(H,26,27)(H2,22,23,28). The molecule has 0 saturated heterocycles. The number of rotatable bonds is 9. The molecule has 2 aliphatic rings. The van der Waals surface area contributed by atoms with Gasteiger partial charge in [0.05, 0.1) is 6.54 Å². The van der Waals surface area contributed by atoms with Crippen LogP contribution in [0.15, 0.2) is 24.3 Å². The van der Waals surface area contributed by atoms with Gasteiger partial charge in [0.1, 0.15) is 0 Å². The fraction of sp³-hybridized carbons (Fsp3) is 0.550. The Morgan fingerprint density at radius 3 is 2.21 bits per heavy atom. The van der Waals surface area contributed by atoms with E-state index < -0.39 is 5.97 Å². The number of carboxylic acids is 1.